The van der Waals surface area contributed by atoms with Crippen LogP contribution in [0.25, 0.3) is 0 Å². The number of thiocarbonyl (C=S) groups is 1. The summed E-state index contributed by atoms with van der Waals surface area (Å²) in [6.07, 6.45) is 1.93. The van der Waals surface area contributed by atoms with Crippen molar-refractivity contribution in [2.24, 2.45) is 5.73 Å². The van der Waals surface area contributed by atoms with Crippen LogP contribution in [0.5, 0.6) is 0 Å². The Morgan fingerprint density at radius 1 is 1.12 bits per heavy atom. The van der Waals surface area contributed by atoms with Gasteiger partial charge in [-0.2, -0.15) is 0 Å². The number of hydrogen-bond donors (Lipinski definition) is 4. The summed E-state index contributed by atoms with van der Waals surface area (Å²) < 4.78 is 0. The van der Waals surface area contributed by atoms with Crippen LogP contribution >= 0.6 is 12.2 Å². The van der Waals surface area contributed by atoms with E-state index in [2.05, 4.69) is 28.2 Å². The predicted molar refractivity (Wildman–Crippen MR) is 64.0 cm³/mol. The lowest BCUT2D eigenvalue weighted by molar-refractivity contribution is -0.139. The van der Waals surface area contributed by atoms with Crippen LogP contribution in [0.1, 0.15) is 12.8 Å². The first-order chi connectivity index (χ1) is 7.99. The first kappa shape index (κ1) is 13.4. The Labute approximate surface area is 103 Å². The van der Waals surface area contributed by atoms with E-state index < -0.39 is 11.8 Å². The van der Waals surface area contributed by atoms with Crippen molar-refractivity contribution in [2.75, 3.05) is 13.1 Å². The van der Waals surface area contributed by atoms with Gasteiger partial charge in [-0.3, -0.25) is 14.4 Å². The zero-order valence-electron chi connectivity index (χ0n) is 9.12. The SMILES string of the molecule is NC(=S)CNC(=O)C(=O)NCC(=O)NC1CC1. The topological polar surface area (TPSA) is 113 Å². The van der Waals surface area contributed by atoms with E-state index in [1.807, 2.05) is 0 Å². The number of rotatable bonds is 5. The van der Waals surface area contributed by atoms with Crippen LogP contribution in [-0.4, -0.2) is 41.8 Å². The molecule has 1 aliphatic rings. The summed E-state index contributed by atoms with van der Waals surface area (Å²) in [4.78, 5) is 33.6. The highest BCUT2D eigenvalue weighted by Gasteiger charge is 2.23. The van der Waals surface area contributed by atoms with E-state index in [0.717, 1.165) is 12.8 Å². The minimum absolute atomic E-state index is 0.0458. The molecule has 0 aromatic heterocycles. The number of carbonyl (C=O) groups excluding carboxylic acids is 3. The quantitative estimate of drug-likeness (QED) is 0.330. The zero-order valence-corrected chi connectivity index (χ0v) is 9.93. The fourth-order valence-electron chi connectivity index (χ4n) is 0.995. The van der Waals surface area contributed by atoms with E-state index in [9.17, 15) is 14.4 Å². The Morgan fingerprint density at radius 2 is 1.65 bits per heavy atom. The Hall–Kier alpha value is -1.70. The van der Waals surface area contributed by atoms with Gasteiger partial charge in [0.15, 0.2) is 0 Å². The highest BCUT2D eigenvalue weighted by Crippen LogP contribution is 2.17. The van der Waals surface area contributed by atoms with Gasteiger partial charge in [0.1, 0.15) is 0 Å². The van der Waals surface area contributed by atoms with Crippen LogP contribution < -0.4 is 21.7 Å². The van der Waals surface area contributed by atoms with Crippen LogP contribution in [0.3, 0.4) is 0 Å². The monoisotopic (exact) mass is 258 g/mol. The maximum absolute atomic E-state index is 11.2. The van der Waals surface area contributed by atoms with Gasteiger partial charge in [0.2, 0.25) is 5.91 Å². The zero-order chi connectivity index (χ0) is 12.8. The maximum Gasteiger partial charge on any atom is 0.309 e. The van der Waals surface area contributed by atoms with E-state index >= 15 is 0 Å². The Kier molecular flexibility index (Phi) is 4.83. The van der Waals surface area contributed by atoms with Crippen LogP contribution in [0, 0.1) is 0 Å². The molecular weight excluding hydrogens is 244 g/mol. The normalized spacial score (nSPS) is 13.6. The van der Waals surface area contributed by atoms with Gasteiger partial charge < -0.3 is 21.7 Å². The molecule has 0 saturated heterocycles. The van der Waals surface area contributed by atoms with Crippen molar-refractivity contribution in [3.63, 3.8) is 0 Å². The third-order valence-electron chi connectivity index (χ3n) is 1.98. The largest absolute Gasteiger partial charge is 0.392 e. The molecule has 0 spiro atoms. The first-order valence-electron chi connectivity index (χ1n) is 5.12. The van der Waals surface area contributed by atoms with Gasteiger partial charge in [-0.1, -0.05) is 12.2 Å². The maximum atomic E-state index is 11.2. The molecule has 0 aromatic carbocycles. The summed E-state index contributed by atoms with van der Waals surface area (Å²) in [5.41, 5.74) is 5.15. The predicted octanol–water partition coefficient (Wildman–Crippen LogP) is -2.22. The van der Waals surface area contributed by atoms with Gasteiger partial charge in [-0.05, 0) is 12.8 Å². The molecule has 5 N–H and O–H groups in total. The highest BCUT2D eigenvalue weighted by atomic mass is 32.1. The van der Waals surface area contributed by atoms with Gasteiger partial charge in [-0.25, -0.2) is 0 Å². The summed E-state index contributed by atoms with van der Waals surface area (Å²) >= 11 is 4.53. The van der Waals surface area contributed by atoms with Crippen molar-refractivity contribution in [3.05, 3.63) is 0 Å². The third kappa shape index (κ3) is 5.81. The van der Waals surface area contributed by atoms with Gasteiger partial charge in [0, 0.05) is 6.04 Å². The summed E-state index contributed by atoms with van der Waals surface area (Å²) in [5, 5.41) is 7.07. The average Bonchev–Trinajstić information content (AvgIpc) is 3.06. The summed E-state index contributed by atoms with van der Waals surface area (Å²) in [7, 11) is 0. The molecule has 0 unspecified atom stereocenters. The lowest BCUT2D eigenvalue weighted by Crippen LogP contribution is -2.46. The molecule has 7 nitrogen and oxygen atoms in total. The molecular formula is C9H14N4O3S. The van der Waals surface area contributed by atoms with E-state index in [0.29, 0.717) is 0 Å². The van der Waals surface area contributed by atoms with Gasteiger partial charge in [0.25, 0.3) is 0 Å². The van der Waals surface area contributed by atoms with Crippen molar-refractivity contribution in [3.8, 4) is 0 Å². The molecule has 0 atom stereocenters. The molecule has 0 bridgehead atoms. The van der Waals surface area contributed by atoms with Crippen molar-refractivity contribution in [2.45, 2.75) is 18.9 Å². The highest BCUT2D eigenvalue weighted by molar-refractivity contribution is 7.80. The van der Waals surface area contributed by atoms with E-state index in [-0.39, 0.29) is 30.0 Å². The van der Waals surface area contributed by atoms with Crippen LogP contribution in [0.15, 0.2) is 0 Å². The van der Waals surface area contributed by atoms with Crippen molar-refractivity contribution >= 4 is 34.9 Å². The molecule has 0 aromatic rings. The summed E-state index contributed by atoms with van der Waals surface area (Å²) in [5.74, 6) is -2.05. The van der Waals surface area contributed by atoms with Crippen molar-refractivity contribution in [1.82, 2.24) is 16.0 Å². The lowest BCUT2D eigenvalue weighted by Gasteiger charge is -2.06. The second-order valence-electron chi connectivity index (χ2n) is 3.67. The number of hydrogen-bond acceptors (Lipinski definition) is 4. The summed E-state index contributed by atoms with van der Waals surface area (Å²) in [6.45, 7) is -0.258. The van der Waals surface area contributed by atoms with Gasteiger partial charge in [-0.15, -0.1) is 0 Å². The van der Waals surface area contributed by atoms with E-state index in [1.54, 1.807) is 0 Å². The molecule has 1 aliphatic carbocycles. The fourth-order valence-corrected chi connectivity index (χ4v) is 1.07. The summed E-state index contributed by atoms with van der Waals surface area (Å²) in [6, 6.07) is 0.225. The number of nitrogens with one attached hydrogen (secondary N) is 3. The molecule has 0 heterocycles. The van der Waals surface area contributed by atoms with Gasteiger partial charge in [0.05, 0.1) is 18.1 Å². The molecule has 1 saturated carbocycles. The molecule has 0 aliphatic heterocycles. The fraction of sp³-hybridized carbons (Fsp3) is 0.556. The van der Waals surface area contributed by atoms with E-state index in [1.165, 1.54) is 0 Å². The second kappa shape index (κ2) is 6.14. The van der Waals surface area contributed by atoms with Crippen LogP contribution in [0.2, 0.25) is 0 Å². The Morgan fingerprint density at radius 3 is 2.12 bits per heavy atom. The molecule has 3 amide bonds. The Balaban J connectivity index is 2.16. The molecule has 0 radical (unpaired) electrons. The molecule has 1 rings (SSSR count). The minimum Gasteiger partial charge on any atom is -0.392 e. The van der Waals surface area contributed by atoms with E-state index in [4.69, 9.17) is 5.73 Å². The lowest BCUT2D eigenvalue weighted by atomic mass is 10.4. The van der Waals surface area contributed by atoms with Crippen molar-refractivity contribution in [1.29, 1.82) is 0 Å². The number of carbonyl (C=O) groups is 3. The molecule has 1 fully saturated rings. The number of nitrogens with two attached hydrogens (primary N) is 1. The number of amides is 3. The molecule has 94 valence electrons. The van der Waals surface area contributed by atoms with Crippen molar-refractivity contribution < 1.29 is 14.4 Å². The van der Waals surface area contributed by atoms with Gasteiger partial charge >= 0.3 is 11.8 Å². The Bertz CT molecular complexity index is 354. The minimum atomic E-state index is -0.882. The van der Waals surface area contributed by atoms with Crippen LogP contribution in [0.4, 0.5) is 0 Å². The molecule has 8 heteroatoms. The smallest absolute Gasteiger partial charge is 0.309 e. The second-order valence-corrected chi connectivity index (χ2v) is 4.20. The van der Waals surface area contributed by atoms with Crippen LogP contribution in [-0.2, 0) is 14.4 Å². The molecule has 17 heavy (non-hydrogen) atoms. The third-order valence-corrected chi connectivity index (χ3v) is 2.13. The standard InChI is InChI=1S/C9H14N4O3S/c10-6(17)3-11-8(15)9(16)12-4-7(14)13-5-1-2-5/h5H,1-4H2,(H2,10,17)(H,11,15)(H,12,16)(H,13,14). The average molecular weight is 258 g/mol. The first-order valence-corrected chi connectivity index (χ1v) is 5.53.